The quantitative estimate of drug-likeness (QED) is 0.0276. The molecule has 4 heterocycles. The summed E-state index contributed by atoms with van der Waals surface area (Å²) in [5, 5.41) is 14.6. The molecule has 4 aliphatic rings. The summed E-state index contributed by atoms with van der Waals surface area (Å²) in [6, 6.07) is 0. The van der Waals surface area contributed by atoms with Gasteiger partial charge in [-0.15, -0.1) is 0 Å². The predicted octanol–water partition coefficient (Wildman–Crippen LogP) is 10.7. The van der Waals surface area contributed by atoms with Crippen molar-refractivity contribution in [1.82, 2.24) is 21.3 Å². The van der Waals surface area contributed by atoms with Gasteiger partial charge in [0.05, 0.1) is 26.1 Å². The van der Waals surface area contributed by atoms with Crippen molar-refractivity contribution < 1.29 is 52.5 Å². The zero-order chi connectivity index (χ0) is 57.4. The number of nitrogens with one attached hydrogen (secondary N) is 4. The molecule has 0 saturated carbocycles. The number of carbonyl (C=O) groups excluding carboxylic acids is 6. The fourth-order valence-corrected chi connectivity index (χ4v) is 13.8. The molecule has 0 radical (unpaired) electrons. The van der Waals surface area contributed by atoms with Gasteiger partial charge in [-0.1, -0.05) is 53.4 Å². The summed E-state index contributed by atoms with van der Waals surface area (Å²) < 4.78 is 30.4. The second-order valence-electron chi connectivity index (χ2n) is 29.3. The van der Waals surface area contributed by atoms with Crippen LogP contribution >= 0.6 is 0 Å². The maximum atomic E-state index is 15.0. The van der Waals surface area contributed by atoms with Crippen LogP contribution in [0.25, 0.3) is 0 Å². The zero-order valence-corrected chi connectivity index (χ0v) is 51.1. The van der Waals surface area contributed by atoms with Crippen molar-refractivity contribution in [3.05, 3.63) is 0 Å². The first-order valence-corrected chi connectivity index (χ1v) is 29.4. The van der Waals surface area contributed by atoms with E-state index in [1.165, 1.54) is 0 Å². The number of piperidine rings is 4. The summed E-state index contributed by atoms with van der Waals surface area (Å²) in [6.07, 6.45) is 6.97. The fourth-order valence-electron chi connectivity index (χ4n) is 13.8. The maximum Gasteiger partial charge on any atom is 0.323 e. The molecule has 15 nitrogen and oxygen atoms in total. The molecule has 2 atom stereocenters. The Labute approximate surface area is 459 Å². The predicted molar refractivity (Wildman–Crippen MR) is 298 cm³/mol. The number of unbranched alkanes of at least 4 members (excludes halogenated alkanes) is 2. The molecule has 0 aromatic rings. The van der Waals surface area contributed by atoms with Crippen LogP contribution in [0.3, 0.4) is 0 Å². The topological polar surface area (TPSA) is 197 Å². The van der Waals surface area contributed by atoms with Crippen LogP contribution in [0.15, 0.2) is 0 Å². The van der Waals surface area contributed by atoms with Gasteiger partial charge in [0.1, 0.15) is 29.5 Å². The van der Waals surface area contributed by atoms with Crippen LogP contribution in [0.4, 0.5) is 0 Å². The number of Topliss-reactive ketones (excluding diaryl/α,β-unsaturated/α-hetero) is 1. The lowest BCUT2D eigenvalue weighted by atomic mass is 9.64. The molecule has 0 aliphatic carbocycles. The van der Waals surface area contributed by atoms with Gasteiger partial charge in [-0.3, -0.25) is 28.8 Å². The Balaban J connectivity index is 1.42. The van der Waals surface area contributed by atoms with Gasteiger partial charge in [-0.05, 0) is 153 Å². The summed E-state index contributed by atoms with van der Waals surface area (Å²) in [4.78, 5) is 85.4. The molecule has 4 rings (SSSR count). The molecular weight excluding hydrogens is 965 g/mol. The first-order valence-electron chi connectivity index (χ1n) is 29.4. The molecule has 0 aromatic carbocycles. The number of hydrogen-bond donors (Lipinski definition) is 4. The van der Waals surface area contributed by atoms with E-state index in [-0.39, 0.29) is 127 Å². The minimum Gasteiger partial charge on any atom is -0.466 e. The second-order valence-corrected chi connectivity index (χ2v) is 29.3. The number of esters is 5. The first-order chi connectivity index (χ1) is 34.8. The van der Waals surface area contributed by atoms with Gasteiger partial charge in [-0.2, -0.15) is 0 Å². The lowest BCUT2D eigenvalue weighted by Crippen LogP contribution is -2.61. The number of rotatable bonds is 26. The highest BCUT2D eigenvalue weighted by atomic mass is 16.6. The number of ether oxygens (including phenoxy) is 5. The van der Waals surface area contributed by atoms with Gasteiger partial charge < -0.3 is 45.0 Å². The lowest BCUT2D eigenvalue weighted by Gasteiger charge is -2.48. The highest BCUT2D eigenvalue weighted by Crippen LogP contribution is 2.45. The third-order valence-electron chi connectivity index (χ3n) is 16.8. The monoisotopic (exact) mass is 1070 g/mol. The molecule has 76 heavy (non-hydrogen) atoms. The van der Waals surface area contributed by atoms with E-state index < -0.39 is 52.9 Å². The summed E-state index contributed by atoms with van der Waals surface area (Å²) >= 11 is 0. The molecule has 0 spiro atoms. The molecule has 2 unspecified atom stereocenters. The van der Waals surface area contributed by atoms with Crippen LogP contribution in [0.2, 0.25) is 0 Å². The van der Waals surface area contributed by atoms with Gasteiger partial charge >= 0.3 is 29.8 Å². The number of carbonyl (C=O) groups is 6. The minimum atomic E-state index is -1.61. The van der Waals surface area contributed by atoms with Crippen molar-refractivity contribution >= 4 is 35.6 Å². The van der Waals surface area contributed by atoms with Crippen molar-refractivity contribution in [1.29, 1.82) is 0 Å². The smallest absolute Gasteiger partial charge is 0.323 e. The van der Waals surface area contributed by atoms with Crippen LogP contribution in [0.5, 0.6) is 0 Å². The fraction of sp³-hybridized carbons (Fsp3) is 0.902. The molecule has 0 amide bonds. The number of hydrogen-bond acceptors (Lipinski definition) is 15. The Kier molecular flexibility index (Phi) is 22.0. The molecule has 0 bridgehead atoms. The van der Waals surface area contributed by atoms with Crippen LogP contribution in [0, 0.1) is 22.2 Å². The Morgan fingerprint density at radius 1 is 0.434 bits per heavy atom. The van der Waals surface area contributed by atoms with Crippen LogP contribution in [-0.4, -0.2) is 112 Å². The Morgan fingerprint density at radius 3 is 1.11 bits per heavy atom. The molecule has 4 fully saturated rings. The first kappa shape index (κ1) is 65.4. The van der Waals surface area contributed by atoms with Crippen molar-refractivity contribution in [2.45, 2.75) is 310 Å². The van der Waals surface area contributed by atoms with Crippen molar-refractivity contribution in [2.75, 3.05) is 19.8 Å². The molecule has 0 aromatic heterocycles. The van der Waals surface area contributed by atoms with Crippen molar-refractivity contribution in [3.8, 4) is 0 Å². The Morgan fingerprint density at radius 2 is 0.750 bits per heavy atom. The summed E-state index contributed by atoms with van der Waals surface area (Å²) in [6.45, 7) is 38.5. The van der Waals surface area contributed by atoms with E-state index in [0.29, 0.717) is 57.8 Å². The summed E-state index contributed by atoms with van der Waals surface area (Å²) in [5.74, 6) is -2.94. The van der Waals surface area contributed by atoms with Gasteiger partial charge in [0, 0.05) is 90.3 Å². The van der Waals surface area contributed by atoms with Crippen molar-refractivity contribution in [3.63, 3.8) is 0 Å². The molecule has 438 valence electrons. The average molecular weight is 1070 g/mol. The Bertz CT molecular complexity index is 1910. The Hall–Kier alpha value is -3.14. The minimum absolute atomic E-state index is 0.0354. The molecule has 4 saturated heterocycles. The van der Waals surface area contributed by atoms with Gasteiger partial charge in [0.15, 0.2) is 5.41 Å². The summed E-state index contributed by atoms with van der Waals surface area (Å²) in [7, 11) is 0. The third-order valence-corrected chi connectivity index (χ3v) is 16.8. The third kappa shape index (κ3) is 19.3. The van der Waals surface area contributed by atoms with Crippen LogP contribution in [0.1, 0.15) is 253 Å². The highest BCUT2D eigenvalue weighted by molar-refractivity contribution is 6.04. The average Bonchev–Trinajstić information content (AvgIpc) is 3.23. The highest BCUT2D eigenvalue weighted by Gasteiger charge is 2.53. The van der Waals surface area contributed by atoms with Gasteiger partial charge in [0.2, 0.25) is 0 Å². The molecular formula is C61H108N4O11. The van der Waals surface area contributed by atoms with Gasteiger partial charge in [0.25, 0.3) is 0 Å². The van der Waals surface area contributed by atoms with Gasteiger partial charge in [-0.25, -0.2) is 0 Å². The summed E-state index contributed by atoms with van der Waals surface area (Å²) in [5.41, 5.74) is -5.08. The molecule has 4 aliphatic heterocycles. The van der Waals surface area contributed by atoms with E-state index >= 15 is 0 Å². The SMILES string of the molecule is CCCCC(CCCOC(=O)CCC(=O)OCCCC(CCCC)(C(=O)OC1CC(C)(C)NC(C)(C)C1)C(=O)OC1CC(C)(C)NC(C)(C)C1)(C(=O)CC1CC(C)(C)NCC1(C)C)C(=O)OC1CC(C)(C)NC(C)(C)C1. The number of ketones is 1. The molecule has 15 heteroatoms. The normalized spacial score (nSPS) is 24.5. The maximum absolute atomic E-state index is 15.0. The van der Waals surface area contributed by atoms with Crippen LogP contribution < -0.4 is 21.3 Å². The molecule has 4 N–H and O–H groups in total. The van der Waals surface area contributed by atoms with E-state index in [2.05, 4.69) is 132 Å². The van der Waals surface area contributed by atoms with Crippen LogP contribution in [-0.2, 0) is 52.5 Å². The zero-order valence-electron chi connectivity index (χ0n) is 51.1. The largest absolute Gasteiger partial charge is 0.466 e. The van der Waals surface area contributed by atoms with E-state index in [9.17, 15) is 28.8 Å². The van der Waals surface area contributed by atoms with E-state index in [1.807, 2.05) is 13.8 Å². The van der Waals surface area contributed by atoms with E-state index in [1.54, 1.807) is 0 Å². The lowest BCUT2D eigenvalue weighted by molar-refractivity contribution is -0.185. The van der Waals surface area contributed by atoms with E-state index in [4.69, 9.17) is 23.7 Å². The van der Waals surface area contributed by atoms with Crippen molar-refractivity contribution in [2.24, 2.45) is 22.2 Å². The second kappa shape index (κ2) is 25.5. The van der Waals surface area contributed by atoms with E-state index in [0.717, 1.165) is 25.8 Å². The standard InChI is InChI=1S/C61H108N4O11/c1-19-21-27-60(46(66)33-42-34-53(5,6)62-41-52(42,3)4,49(69)74-43-35-54(7,8)63-55(9,10)36-43)29-23-31-72-47(67)25-26-48(68)73-32-24-30-61(28-22-20-2,50(70)75-44-37-56(11,12)64-57(13,14)38-44)51(71)76-45-39-58(15,16)65-59(17,18)40-45/h42-45,62-65H,19-41H2,1-18H3.